The number of halogens is 1. The van der Waals surface area contributed by atoms with Crippen molar-refractivity contribution in [1.82, 2.24) is 0 Å². The molecule has 6 heteroatoms. The van der Waals surface area contributed by atoms with Gasteiger partial charge < -0.3 is 9.84 Å². The van der Waals surface area contributed by atoms with E-state index in [1.54, 1.807) is 30.3 Å². The van der Waals surface area contributed by atoms with Gasteiger partial charge in [0.25, 0.3) is 5.91 Å². The average molecular weight is 504 g/mol. The Hall–Kier alpha value is -3.64. The van der Waals surface area contributed by atoms with Crippen LogP contribution in [0.15, 0.2) is 101 Å². The number of allylic oxidation sites excluding steroid dienone is 1. The molecule has 1 unspecified atom stereocenters. The molecule has 0 spiro atoms. The van der Waals surface area contributed by atoms with E-state index in [1.165, 1.54) is 11.0 Å². The van der Waals surface area contributed by atoms with Crippen LogP contribution in [0, 0.1) is 0 Å². The molecule has 1 aliphatic heterocycles. The van der Waals surface area contributed by atoms with Gasteiger partial charge in [0.05, 0.1) is 18.2 Å². The lowest BCUT2D eigenvalue weighted by atomic mass is 9.95. The minimum absolute atomic E-state index is 0.0448. The molecule has 166 valence electrons. The highest BCUT2D eigenvalue weighted by Crippen LogP contribution is 2.41. The molecule has 4 rings (SSSR count). The molecule has 3 aromatic rings. The number of nitrogens with zero attached hydrogens (tertiary/aromatic N) is 1. The molecule has 0 fully saturated rings. The third kappa shape index (κ3) is 4.76. The normalized spacial score (nSPS) is 16.0. The number of aliphatic hydroxyl groups is 1. The van der Waals surface area contributed by atoms with E-state index < -0.39 is 23.5 Å². The first-order chi connectivity index (χ1) is 16.0. The summed E-state index contributed by atoms with van der Waals surface area (Å²) in [5.74, 6) is -0.915. The minimum atomic E-state index is -0.767. The summed E-state index contributed by atoms with van der Waals surface area (Å²) in [6.45, 7) is 2.42. The van der Waals surface area contributed by atoms with Crippen LogP contribution in [-0.2, 0) is 9.59 Å². The summed E-state index contributed by atoms with van der Waals surface area (Å²) in [6.07, 6.45) is 3.06. The van der Waals surface area contributed by atoms with Crippen molar-refractivity contribution in [2.75, 3.05) is 11.5 Å². The van der Waals surface area contributed by atoms with Crippen molar-refractivity contribution in [3.8, 4) is 5.75 Å². The Morgan fingerprint density at radius 1 is 1.03 bits per heavy atom. The van der Waals surface area contributed by atoms with Crippen molar-refractivity contribution in [2.24, 2.45) is 0 Å². The van der Waals surface area contributed by atoms with Gasteiger partial charge in [0, 0.05) is 10.2 Å². The molecule has 0 aliphatic carbocycles. The Morgan fingerprint density at radius 2 is 1.70 bits per heavy atom. The first-order valence-corrected chi connectivity index (χ1v) is 11.3. The maximum absolute atomic E-state index is 13.2. The molecule has 0 saturated heterocycles. The van der Waals surface area contributed by atoms with E-state index in [1.807, 2.05) is 61.5 Å². The number of anilines is 1. The molecule has 1 amide bonds. The van der Waals surface area contributed by atoms with Crippen LogP contribution in [0.2, 0.25) is 0 Å². The van der Waals surface area contributed by atoms with E-state index in [-0.39, 0.29) is 5.57 Å². The number of ether oxygens (including phenoxy) is 1. The number of carbonyl (C=O) groups excluding carboxylic acids is 2. The molecule has 1 atom stereocenters. The third-order valence-electron chi connectivity index (χ3n) is 5.31. The van der Waals surface area contributed by atoms with Crippen molar-refractivity contribution in [3.05, 3.63) is 112 Å². The van der Waals surface area contributed by atoms with Gasteiger partial charge in [-0.1, -0.05) is 64.5 Å². The zero-order valence-electron chi connectivity index (χ0n) is 17.9. The van der Waals surface area contributed by atoms with E-state index in [4.69, 9.17) is 4.74 Å². The van der Waals surface area contributed by atoms with E-state index in [0.29, 0.717) is 23.6 Å². The van der Waals surface area contributed by atoms with Crippen LogP contribution in [0.25, 0.3) is 6.08 Å². The molecule has 1 aliphatic rings. The summed E-state index contributed by atoms with van der Waals surface area (Å²) in [6, 6.07) is 23.0. The summed E-state index contributed by atoms with van der Waals surface area (Å²) in [7, 11) is 0. The Labute approximate surface area is 200 Å². The monoisotopic (exact) mass is 503 g/mol. The van der Waals surface area contributed by atoms with Gasteiger partial charge in [0.2, 0.25) is 0 Å². The SMILES string of the molecule is CCOc1ccc(N2C(=O)C(O)=C(C(=O)C=Cc3ccccc3)C2c2ccc(Br)cc2)cc1. The van der Waals surface area contributed by atoms with Crippen molar-refractivity contribution >= 4 is 39.4 Å². The predicted octanol–water partition coefficient (Wildman–Crippen LogP) is 6.03. The Balaban J connectivity index is 1.75. The van der Waals surface area contributed by atoms with Gasteiger partial charge in [-0.3, -0.25) is 14.5 Å². The smallest absolute Gasteiger partial charge is 0.294 e. The van der Waals surface area contributed by atoms with E-state index in [9.17, 15) is 14.7 Å². The highest BCUT2D eigenvalue weighted by molar-refractivity contribution is 9.10. The molecule has 0 saturated carbocycles. The Morgan fingerprint density at radius 3 is 2.33 bits per heavy atom. The molecule has 0 radical (unpaired) electrons. The third-order valence-corrected chi connectivity index (χ3v) is 5.84. The fourth-order valence-electron chi connectivity index (χ4n) is 3.78. The molecule has 33 heavy (non-hydrogen) atoms. The fourth-order valence-corrected chi connectivity index (χ4v) is 4.04. The predicted molar refractivity (Wildman–Crippen MR) is 132 cm³/mol. The second-order valence-corrected chi connectivity index (χ2v) is 8.34. The molecule has 0 aromatic heterocycles. The molecule has 0 bridgehead atoms. The van der Waals surface area contributed by atoms with Gasteiger partial charge in [0.15, 0.2) is 11.5 Å². The Bertz CT molecular complexity index is 1220. The van der Waals surface area contributed by atoms with Crippen LogP contribution in [0.3, 0.4) is 0 Å². The van der Waals surface area contributed by atoms with Gasteiger partial charge in [-0.15, -0.1) is 0 Å². The number of amides is 1. The van der Waals surface area contributed by atoms with Crippen LogP contribution in [0.1, 0.15) is 24.1 Å². The standard InChI is InChI=1S/C27H22BrNO4/c1-2-33-22-15-13-21(14-16-22)29-25(19-9-11-20(28)12-10-19)24(26(31)27(29)32)23(30)17-8-18-6-4-3-5-7-18/h3-17,25,31H,2H2,1H3. The van der Waals surface area contributed by atoms with Crippen LogP contribution in [-0.4, -0.2) is 23.4 Å². The van der Waals surface area contributed by atoms with Gasteiger partial charge in [-0.05, 0) is 60.5 Å². The van der Waals surface area contributed by atoms with Gasteiger partial charge >= 0.3 is 0 Å². The summed E-state index contributed by atoms with van der Waals surface area (Å²) in [4.78, 5) is 27.8. The maximum atomic E-state index is 13.2. The highest BCUT2D eigenvalue weighted by atomic mass is 79.9. The first kappa shape index (κ1) is 22.6. The molecule has 3 aromatic carbocycles. The maximum Gasteiger partial charge on any atom is 0.294 e. The van der Waals surface area contributed by atoms with Gasteiger partial charge in [-0.25, -0.2) is 0 Å². The lowest BCUT2D eigenvalue weighted by Gasteiger charge is -2.27. The lowest BCUT2D eigenvalue weighted by molar-refractivity contribution is -0.117. The number of benzene rings is 3. The van der Waals surface area contributed by atoms with E-state index in [0.717, 1.165) is 10.0 Å². The molecular weight excluding hydrogens is 482 g/mol. The minimum Gasteiger partial charge on any atom is -0.503 e. The zero-order chi connectivity index (χ0) is 23.4. The fraction of sp³-hybridized carbons (Fsp3) is 0.111. The molecule has 1 heterocycles. The van der Waals surface area contributed by atoms with Gasteiger partial charge in [0.1, 0.15) is 5.75 Å². The van der Waals surface area contributed by atoms with Crippen molar-refractivity contribution in [2.45, 2.75) is 13.0 Å². The van der Waals surface area contributed by atoms with E-state index >= 15 is 0 Å². The van der Waals surface area contributed by atoms with Gasteiger partial charge in [-0.2, -0.15) is 0 Å². The highest BCUT2D eigenvalue weighted by Gasteiger charge is 2.43. The number of carbonyl (C=O) groups is 2. The average Bonchev–Trinajstić information content (AvgIpc) is 3.10. The van der Waals surface area contributed by atoms with Crippen molar-refractivity contribution in [1.29, 1.82) is 0 Å². The van der Waals surface area contributed by atoms with Crippen LogP contribution >= 0.6 is 15.9 Å². The number of rotatable bonds is 7. The Kier molecular flexibility index (Phi) is 6.75. The number of hydrogen-bond acceptors (Lipinski definition) is 4. The quantitative estimate of drug-likeness (QED) is 0.399. The largest absolute Gasteiger partial charge is 0.503 e. The number of aliphatic hydroxyl groups excluding tert-OH is 1. The van der Waals surface area contributed by atoms with Crippen LogP contribution in [0.5, 0.6) is 5.75 Å². The second-order valence-electron chi connectivity index (χ2n) is 7.43. The number of ketones is 1. The van der Waals surface area contributed by atoms with E-state index in [2.05, 4.69) is 15.9 Å². The molecule has 5 nitrogen and oxygen atoms in total. The summed E-state index contributed by atoms with van der Waals surface area (Å²) in [5.41, 5.74) is 2.15. The van der Waals surface area contributed by atoms with Crippen molar-refractivity contribution < 1.29 is 19.4 Å². The second kappa shape index (κ2) is 9.88. The van der Waals surface area contributed by atoms with Crippen LogP contribution < -0.4 is 9.64 Å². The van der Waals surface area contributed by atoms with Crippen LogP contribution in [0.4, 0.5) is 5.69 Å². The first-order valence-electron chi connectivity index (χ1n) is 10.5. The molecule has 1 N–H and O–H groups in total. The summed E-state index contributed by atoms with van der Waals surface area (Å²) in [5, 5.41) is 10.8. The lowest BCUT2D eigenvalue weighted by Crippen LogP contribution is -2.30. The summed E-state index contributed by atoms with van der Waals surface area (Å²) < 4.78 is 6.37. The zero-order valence-corrected chi connectivity index (χ0v) is 19.5. The number of hydrogen-bond donors (Lipinski definition) is 1. The molecular formula is C27H22BrNO4. The topological polar surface area (TPSA) is 66.8 Å². The summed E-state index contributed by atoms with van der Waals surface area (Å²) >= 11 is 3.42. The van der Waals surface area contributed by atoms with Crippen molar-refractivity contribution in [3.63, 3.8) is 0 Å².